The molecule has 3 rings (SSSR count). The fourth-order valence-corrected chi connectivity index (χ4v) is 2.91. The molecule has 8 nitrogen and oxygen atoms in total. The first kappa shape index (κ1) is 17.9. The van der Waals surface area contributed by atoms with Crippen LogP contribution in [0.5, 0.6) is 0 Å². The lowest BCUT2D eigenvalue weighted by atomic mass is 9.81. The quantitative estimate of drug-likeness (QED) is 0.796. The highest BCUT2D eigenvalue weighted by molar-refractivity contribution is 6.61. The molecule has 0 unspecified atom stereocenters. The van der Waals surface area contributed by atoms with Gasteiger partial charge in [0.2, 0.25) is 5.95 Å². The third kappa shape index (κ3) is 3.72. The summed E-state index contributed by atoms with van der Waals surface area (Å²) in [6.45, 7) is 9.08. The number of hydrogen-bond donors (Lipinski definition) is 2. The number of aromatic nitrogens is 2. The summed E-state index contributed by atoms with van der Waals surface area (Å²) in [5, 5.41) is 12.2. The van der Waals surface area contributed by atoms with Crippen molar-refractivity contribution in [1.82, 2.24) is 14.9 Å². The molecule has 1 aromatic heterocycles. The van der Waals surface area contributed by atoms with Crippen molar-refractivity contribution >= 4 is 24.6 Å². The summed E-state index contributed by atoms with van der Waals surface area (Å²) in [5.74, 6) is 0.536. The van der Waals surface area contributed by atoms with Crippen LogP contribution in [0.1, 0.15) is 40.5 Å². The highest BCUT2D eigenvalue weighted by atomic mass is 16.7. The van der Waals surface area contributed by atoms with Crippen LogP contribution in [0.4, 0.5) is 10.7 Å². The van der Waals surface area contributed by atoms with Crippen LogP contribution < -0.4 is 10.8 Å². The lowest BCUT2D eigenvalue weighted by molar-refractivity contribution is 0.00578. The number of piperidine rings is 1. The van der Waals surface area contributed by atoms with Gasteiger partial charge in [-0.3, -0.25) is 0 Å². The fourth-order valence-electron chi connectivity index (χ4n) is 2.91. The summed E-state index contributed by atoms with van der Waals surface area (Å²) in [7, 11) is -0.474. The number of hydrogen-bond acceptors (Lipinski definition) is 6. The van der Waals surface area contributed by atoms with Gasteiger partial charge in [0.05, 0.1) is 11.2 Å². The van der Waals surface area contributed by atoms with E-state index in [1.54, 1.807) is 12.4 Å². The van der Waals surface area contributed by atoms with Gasteiger partial charge in [-0.1, -0.05) is 0 Å². The summed E-state index contributed by atoms with van der Waals surface area (Å²) in [6, 6.07) is 0.179. The van der Waals surface area contributed by atoms with E-state index < -0.39 is 24.4 Å². The first-order chi connectivity index (χ1) is 11.7. The third-order valence-corrected chi connectivity index (χ3v) is 5.30. The molecule has 9 heteroatoms. The van der Waals surface area contributed by atoms with Crippen molar-refractivity contribution in [2.75, 3.05) is 18.4 Å². The van der Waals surface area contributed by atoms with Gasteiger partial charge >= 0.3 is 13.2 Å². The molecule has 0 spiro atoms. The summed E-state index contributed by atoms with van der Waals surface area (Å²) >= 11 is 0. The lowest BCUT2D eigenvalue weighted by Crippen LogP contribution is -2.42. The van der Waals surface area contributed by atoms with E-state index in [-0.39, 0.29) is 6.04 Å². The van der Waals surface area contributed by atoms with Gasteiger partial charge in [-0.25, -0.2) is 14.8 Å². The van der Waals surface area contributed by atoms with Gasteiger partial charge in [-0.05, 0) is 40.5 Å². The van der Waals surface area contributed by atoms with Gasteiger partial charge in [0.25, 0.3) is 0 Å². The number of amides is 1. The van der Waals surface area contributed by atoms with Crippen LogP contribution in [-0.2, 0) is 9.31 Å². The number of anilines is 1. The van der Waals surface area contributed by atoms with E-state index in [1.165, 1.54) is 4.90 Å². The minimum absolute atomic E-state index is 0.179. The molecule has 2 saturated heterocycles. The number of carbonyl (C=O) groups is 1. The Hall–Kier alpha value is -1.87. The van der Waals surface area contributed by atoms with E-state index in [9.17, 15) is 4.79 Å². The molecule has 2 aliphatic heterocycles. The first-order valence-electron chi connectivity index (χ1n) is 8.60. The van der Waals surface area contributed by atoms with Crippen molar-refractivity contribution < 1.29 is 19.2 Å². The molecule has 0 atom stereocenters. The predicted molar refractivity (Wildman–Crippen MR) is 94.0 cm³/mol. The largest absolute Gasteiger partial charge is 0.498 e. The van der Waals surface area contributed by atoms with E-state index in [2.05, 4.69) is 15.3 Å². The van der Waals surface area contributed by atoms with Crippen LogP contribution in [0.25, 0.3) is 0 Å². The zero-order valence-electron chi connectivity index (χ0n) is 15.2. The monoisotopic (exact) mass is 348 g/mol. The molecule has 0 saturated carbocycles. The average molecular weight is 348 g/mol. The first-order valence-corrected chi connectivity index (χ1v) is 8.60. The summed E-state index contributed by atoms with van der Waals surface area (Å²) in [6.07, 6.45) is 4.05. The molecule has 0 aromatic carbocycles. The number of rotatable bonds is 3. The minimum Gasteiger partial charge on any atom is -0.465 e. The van der Waals surface area contributed by atoms with Crippen LogP contribution in [-0.4, -0.2) is 63.5 Å². The number of nitrogens with one attached hydrogen (secondary N) is 1. The molecule has 0 radical (unpaired) electrons. The maximum Gasteiger partial charge on any atom is 0.498 e. The van der Waals surface area contributed by atoms with Crippen molar-refractivity contribution in [3.8, 4) is 0 Å². The van der Waals surface area contributed by atoms with Crippen molar-refractivity contribution in [1.29, 1.82) is 0 Å². The van der Waals surface area contributed by atoms with E-state index >= 15 is 0 Å². The third-order valence-electron chi connectivity index (χ3n) is 5.30. The maximum absolute atomic E-state index is 10.9. The Morgan fingerprint density at radius 1 is 1.20 bits per heavy atom. The Labute approximate surface area is 148 Å². The Bertz CT molecular complexity index is 614. The van der Waals surface area contributed by atoms with Crippen LogP contribution in [0.15, 0.2) is 12.4 Å². The van der Waals surface area contributed by atoms with Crippen molar-refractivity contribution in [3.05, 3.63) is 12.4 Å². The Morgan fingerprint density at radius 3 is 2.20 bits per heavy atom. The topological polar surface area (TPSA) is 96.8 Å². The summed E-state index contributed by atoms with van der Waals surface area (Å²) < 4.78 is 12.0. The average Bonchev–Trinajstić information content (AvgIpc) is 2.76. The zero-order chi connectivity index (χ0) is 18.2. The molecular formula is C16H25BN4O4. The van der Waals surface area contributed by atoms with Gasteiger partial charge in [0, 0.05) is 37.0 Å². The molecule has 1 amide bonds. The van der Waals surface area contributed by atoms with E-state index in [0.717, 1.165) is 18.3 Å². The molecule has 136 valence electrons. The van der Waals surface area contributed by atoms with Gasteiger partial charge in [-0.15, -0.1) is 0 Å². The van der Waals surface area contributed by atoms with Crippen LogP contribution >= 0.6 is 0 Å². The molecule has 0 bridgehead atoms. The van der Waals surface area contributed by atoms with Crippen molar-refractivity contribution in [2.24, 2.45) is 0 Å². The number of carboxylic acid groups (broad SMARTS) is 1. The smallest absolute Gasteiger partial charge is 0.465 e. The Kier molecular flexibility index (Phi) is 4.63. The fraction of sp³-hybridized carbons (Fsp3) is 0.688. The lowest BCUT2D eigenvalue weighted by Gasteiger charge is -2.32. The van der Waals surface area contributed by atoms with Gasteiger partial charge in [0.1, 0.15) is 0 Å². The van der Waals surface area contributed by atoms with Gasteiger partial charge in [0.15, 0.2) is 0 Å². The zero-order valence-corrected chi connectivity index (χ0v) is 15.2. The molecule has 25 heavy (non-hydrogen) atoms. The standard InChI is InChI=1S/C16H25BN4O4/c1-15(2)16(3,4)25-17(24-15)11-9-18-13(19-10-11)20-12-5-7-21(8-6-12)14(22)23/h9-10,12H,5-8H2,1-4H3,(H,22,23)(H,18,19,20). The number of nitrogens with zero attached hydrogens (tertiary/aromatic N) is 3. The highest BCUT2D eigenvalue weighted by Gasteiger charge is 2.51. The molecule has 1 aromatic rings. The van der Waals surface area contributed by atoms with Gasteiger partial charge in [-0.2, -0.15) is 0 Å². The van der Waals surface area contributed by atoms with Crippen molar-refractivity contribution in [3.63, 3.8) is 0 Å². The highest BCUT2D eigenvalue weighted by Crippen LogP contribution is 2.36. The minimum atomic E-state index is -0.860. The summed E-state index contributed by atoms with van der Waals surface area (Å²) in [4.78, 5) is 21.1. The molecule has 2 N–H and O–H groups in total. The summed E-state index contributed by atoms with van der Waals surface area (Å²) in [5.41, 5.74) is -0.00995. The second-order valence-corrected chi connectivity index (χ2v) is 7.62. The molecule has 3 heterocycles. The second-order valence-electron chi connectivity index (χ2n) is 7.62. The Balaban J connectivity index is 1.58. The normalized spacial score (nSPS) is 22.9. The molecule has 0 aliphatic carbocycles. The SMILES string of the molecule is CC1(C)OB(c2cnc(NC3CCN(C(=O)O)CC3)nc2)OC1(C)C. The molecule has 2 aliphatic rings. The predicted octanol–water partition coefficient (Wildman–Crippen LogP) is 1.33. The second kappa shape index (κ2) is 6.46. The maximum atomic E-state index is 10.9. The van der Waals surface area contributed by atoms with E-state index in [4.69, 9.17) is 14.4 Å². The van der Waals surface area contributed by atoms with Crippen LogP contribution in [0, 0.1) is 0 Å². The Morgan fingerprint density at radius 2 is 1.72 bits per heavy atom. The van der Waals surface area contributed by atoms with Gasteiger partial charge < -0.3 is 24.6 Å². The van der Waals surface area contributed by atoms with Crippen molar-refractivity contribution in [2.45, 2.75) is 57.8 Å². The van der Waals surface area contributed by atoms with Crippen LogP contribution in [0.2, 0.25) is 0 Å². The van der Waals surface area contributed by atoms with E-state index in [0.29, 0.717) is 19.0 Å². The molecule has 2 fully saturated rings. The molecular weight excluding hydrogens is 323 g/mol. The van der Waals surface area contributed by atoms with E-state index in [1.807, 2.05) is 27.7 Å². The number of likely N-dealkylation sites (tertiary alicyclic amines) is 1. The van der Waals surface area contributed by atoms with Crippen LogP contribution in [0.3, 0.4) is 0 Å².